The molecule has 1 aliphatic carbocycles. The van der Waals surface area contributed by atoms with E-state index in [4.69, 9.17) is 10.2 Å². The third kappa shape index (κ3) is 14.6. The summed E-state index contributed by atoms with van der Waals surface area (Å²) >= 11 is 0. The van der Waals surface area contributed by atoms with Gasteiger partial charge < -0.3 is 25.5 Å². The predicted molar refractivity (Wildman–Crippen MR) is 184 cm³/mol. The number of phenols is 1. The number of phenolic OH excluding ortho intramolecular Hbond substituents is 1. The first-order valence-electron chi connectivity index (χ1n) is 15.6. The Kier molecular flexibility index (Phi) is 18.6. The summed E-state index contributed by atoms with van der Waals surface area (Å²) in [5, 5.41) is 29.6. The van der Waals surface area contributed by atoms with Crippen molar-refractivity contribution < 1.29 is 41.8 Å². The number of nitrogens with one attached hydrogen (secondary N) is 1. The minimum absolute atomic E-state index is 0. The molecule has 6 nitrogen and oxygen atoms in total. The smallest absolute Gasteiger partial charge is 0.191 e. The first-order chi connectivity index (χ1) is 19.4. The number of nitrogens with zero attached hydrogens (tertiary/aromatic N) is 1. The summed E-state index contributed by atoms with van der Waals surface area (Å²) in [6.45, 7) is 31.9. The number of likely N-dealkylation sites (N-methyl/N-ethyl adjacent to an activating group) is 1. The normalized spacial score (nSPS) is 15.0. The number of aliphatic hydroxyl groups excluding tert-OH is 2. The van der Waals surface area contributed by atoms with Gasteiger partial charge in [-0.1, -0.05) is 101 Å². The zero-order valence-corrected chi connectivity index (χ0v) is 32.2. The Morgan fingerprint density at radius 3 is 1.70 bits per heavy atom. The van der Waals surface area contributed by atoms with Gasteiger partial charge in [0, 0.05) is 77.5 Å². The van der Waals surface area contributed by atoms with Gasteiger partial charge in [-0.15, -0.1) is 0 Å². The SMILES string of the molecule is CCO.CCO.CN(CCNC=C1C=C(C(C)(C)C)C=C(C(C)(C)C)C1=O)Cc1cc(C(C)(C)C)cc(C(C)(C)C)c1O.[Ti]. The first kappa shape index (κ1) is 44.4. The third-order valence-electron chi connectivity index (χ3n) is 6.99. The van der Waals surface area contributed by atoms with E-state index < -0.39 is 0 Å². The van der Waals surface area contributed by atoms with Crippen LogP contribution in [0.5, 0.6) is 5.75 Å². The number of Topliss-reactive ketones (excluding diaryl/α,β-unsaturated/α-hetero) is 1. The van der Waals surface area contributed by atoms with Crippen molar-refractivity contribution in [1.29, 1.82) is 0 Å². The molecule has 7 heteroatoms. The number of hydrogen-bond acceptors (Lipinski definition) is 6. The Labute approximate surface area is 285 Å². The molecular formula is C37H64N2O4Ti. The largest absolute Gasteiger partial charge is 0.507 e. The maximum absolute atomic E-state index is 13.2. The molecule has 0 radical (unpaired) electrons. The van der Waals surface area contributed by atoms with Crippen molar-refractivity contribution in [2.45, 2.75) is 114 Å². The molecule has 0 atom stereocenters. The van der Waals surface area contributed by atoms with Crippen molar-refractivity contribution in [3.8, 4) is 5.75 Å². The molecule has 0 unspecified atom stereocenters. The number of benzene rings is 1. The van der Waals surface area contributed by atoms with Crippen LogP contribution in [0.1, 0.15) is 114 Å². The van der Waals surface area contributed by atoms with Gasteiger partial charge in [0.15, 0.2) is 5.78 Å². The van der Waals surface area contributed by atoms with Crippen LogP contribution in [-0.2, 0) is 43.9 Å². The van der Waals surface area contributed by atoms with Crippen LogP contribution in [0.25, 0.3) is 0 Å². The van der Waals surface area contributed by atoms with Crippen LogP contribution >= 0.6 is 0 Å². The minimum atomic E-state index is -0.212. The van der Waals surface area contributed by atoms with Gasteiger partial charge >= 0.3 is 0 Å². The van der Waals surface area contributed by atoms with E-state index in [9.17, 15) is 9.90 Å². The summed E-state index contributed by atoms with van der Waals surface area (Å²) in [7, 11) is 2.07. The fraction of sp³-hybridized carbons (Fsp3) is 0.649. The second-order valence-corrected chi connectivity index (χ2v) is 15.4. The Hall–Kier alpha value is -1.70. The van der Waals surface area contributed by atoms with Gasteiger partial charge in [-0.25, -0.2) is 0 Å². The van der Waals surface area contributed by atoms with Crippen molar-refractivity contribution >= 4 is 5.78 Å². The van der Waals surface area contributed by atoms with E-state index in [0.717, 1.165) is 23.2 Å². The van der Waals surface area contributed by atoms with Gasteiger partial charge in [0.25, 0.3) is 0 Å². The Morgan fingerprint density at radius 2 is 1.30 bits per heavy atom. The molecule has 0 heterocycles. The number of hydrogen-bond donors (Lipinski definition) is 4. The molecule has 0 aromatic heterocycles. The molecular weight excluding hydrogens is 584 g/mol. The molecule has 0 spiro atoms. The zero-order chi connectivity index (χ0) is 34.0. The van der Waals surface area contributed by atoms with E-state index in [-0.39, 0.29) is 62.4 Å². The molecule has 0 aliphatic heterocycles. The molecule has 44 heavy (non-hydrogen) atoms. The van der Waals surface area contributed by atoms with Gasteiger partial charge in [-0.05, 0) is 65.3 Å². The average molecular weight is 649 g/mol. The molecule has 0 fully saturated rings. The van der Waals surface area contributed by atoms with Gasteiger partial charge in [0.05, 0.1) is 0 Å². The molecule has 1 aromatic carbocycles. The molecule has 0 saturated carbocycles. The average Bonchev–Trinajstić information content (AvgIpc) is 2.82. The standard InChI is InChI=1S/C33H52N2O2.2C2H6O.Ti/c1-30(2,3)24-16-22(28(36)26(18-24)32(7,8)9)20-34-14-15-35(13)21-23-17-25(31(4,5)6)19-27(29(23)37)33(10,11)12;2*1-2-3;/h16-20,34,37H,14-15,21H2,1-13H3;2*3H,2H2,1H3;. The van der Waals surface area contributed by atoms with Gasteiger partial charge in [-0.2, -0.15) is 0 Å². The van der Waals surface area contributed by atoms with Crippen LogP contribution in [0.3, 0.4) is 0 Å². The number of carbonyl (C=O) groups excluding carboxylic acids is 1. The zero-order valence-electron chi connectivity index (χ0n) is 30.6. The number of aromatic hydroxyl groups is 1. The molecule has 2 rings (SSSR count). The third-order valence-corrected chi connectivity index (χ3v) is 6.99. The summed E-state index contributed by atoms with van der Waals surface area (Å²) in [5.41, 5.74) is 5.54. The van der Waals surface area contributed by atoms with E-state index >= 15 is 0 Å². The van der Waals surface area contributed by atoms with Crippen LogP contribution in [-0.4, -0.2) is 59.4 Å². The summed E-state index contributed by atoms with van der Waals surface area (Å²) in [5.74, 6) is 0.497. The Bertz CT molecular complexity index is 1140. The molecule has 250 valence electrons. The van der Waals surface area contributed by atoms with Crippen molar-refractivity contribution in [2.75, 3.05) is 33.4 Å². The summed E-state index contributed by atoms with van der Waals surface area (Å²) in [6.07, 6.45) is 5.98. The Morgan fingerprint density at radius 1 is 0.795 bits per heavy atom. The number of allylic oxidation sites excluding steroid dienone is 5. The maximum atomic E-state index is 13.2. The second-order valence-electron chi connectivity index (χ2n) is 15.4. The van der Waals surface area contributed by atoms with Crippen molar-refractivity contribution in [2.24, 2.45) is 10.8 Å². The van der Waals surface area contributed by atoms with Crippen LogP contribution in [0, 0.1) is 10.8 Å². The van der Waals surface area contributed by atoms with Crippen LogP contribution in [0.15, 0.2) is 47.2 Å². The van der Waals surface area contributed by atoms with Crippen LogP contribution in [0.2, 0.25) is 0 Å². The van der Waals surface area contributed by atoms with Gasteiger partial charge in [-0.3, -0.25) is 4.79 Å². The Balaban J connectivity index is 0. The summed E-state index contributed by atoms with van der Waals surface area (Å²) in [6, 6.07) is 4.31. The molecule has 4 N–H and O–H groups in total. The van der Waals surface area contributed by atoms with Crippen molar-refractivity contribution in [1.82, 2.24) is 10.2 Å². The monoisotopic (exact) mass is 648 g/mol. The van der Waals surface area contributed by atoms with E-state index in [2.05, 4.69) is 119 Å². The summed E-state index contributed by atoms with van der Waals surface area (Å²) < 4.78 is 0. The number of carbonyl (C=O) groups is 1. The van der Waals surface area contributed by atoms with Crippen molar-refractivity contribution in [3.63, 3.8) is 0 Å². The van der Waals surface area contributed by atoms with Gasteiger partial charge in [0.2, 0.25) is 0 Å². The van der Waals surface area contributed by atoms with Crippen LogP contribution in [0.4, 0.5) is 0 Å². The quantitative estimate of drug-likeness (QED) is 0.146. The molecule has 0 bridgehead atoms. The molecule has 1 aliphatic rings. The van der Waals surface area contributed by atoms with E-state index in [0.29, 0.717) is 24.4 Å². The molecule has 1 aromatic rings. The second kappa shape index (κ2) is 18.5. The van der Waals surface area contributed by atoms with Crippen molar-refractivity contribution in [3.05, 3.63) is 63.9 Å². The number of aliphatic hydroxyl groups is 2. The minimum Gasteiger partial charge on any atom is -0.507 e. The molecule has 0 saturated heterocycles. The van der Waals surface area contributed by atoms with Crippen LogP contribution < -0.4 is 5.32 Å². The molecule has 0 amide bonds. The first-order valence-corrected chi connectivity index (χ1v) is 15.6. The van der Waals surface area contributed by atoms with Gasteiger partial charge in [0.1, 0.15) is 5.75 Å². The van der Waals surface area contributed by atoms with E-state index in [1.54, 1.807) is 13.8 Å². The van der Waals surface area contributed by atoms with E-state index in [1.807, 2.05) is 12.3 Å². The fourth-order valence-corrected chi connectivity index (χ4v) is 4.38. The van der Waals surface area contributed by atoms with E-state index in [1.165, 1.54) is 11.1 Å². The fourth-order valence-electron chi connectivity index (χ4n) is 4.38. The predicted octanol–water partition coefficient (Wildman–Crippen LogP) is 7.41. The topological polar surface area (TPSA) is 93.0 Å². The maximum Gasteiger partial charge on any atom is 0.191 e. The number of ketones is 1. The summed E-state index contributed by atoms with van der Waals surface area (Å²) in [4.78, 5) is 15.4. The number of rotatable bonds is 6.